The Balaban J connectivity index is 2.10. The third-order valence-corrected chi connectivity index (χ3v) is 5.52. The Morgan fingerprint density at radius 3 is 2.45 bits per heavy atom. The topological polar surface area (TPSA) is 63.4 Å². The largest absolute Gasteiger partial charge is 0.399 e. The molecule has 0 amide bonds. The van der Waals surface area contributed by atoms with Gasteiger partial charge in [0.2, 0.25) is 0 Å². The van der Waals surface area contributed by atoms with Gasteiger partial charge in [-0.2, -0.15) is 0 Å². The highest BCUT2D eigenvalue weighted by molar-refractivity contribution is 7.92. The van der Waals surface area contributed by atoms with Gasteiger partial charge in [0.15, 0.2) is 0 Å². The van der Waals surface area contributed by atoms with Gasteiger partial charge in [-0.25, -0.2) is 8.42 Å². The van der Waals surface area contributed by atoms with E-state index in [1.54, 1.807) is 24.3 Å². The lowest BCUT2D eigenvalue weighted by Crippen LogP contribution is -2.35. The smallest absolute Gasteiger partial charge is 0.264 e. The van der Waals surface area contributed by atoms with E-state index in [1.807, 2.05) is 31.2 Å². The average Bonchev–Trinajstić information content (AvgIpc) is 2.75. The van der Waals surface area contributed by atoms with Gasteiger partial charge in [-0.15, -0.1) is 0 Å². The Labute approximate surface area is 118 Å². The summed E-state index contributed by atoms with van der Waals surface area (Å²) >= 11 is 0. The fraction of sp³-hybridized carbons (Fsp3) is 0.200. The number of sulfonamides is 1. The molecule has 3 rings (SSSR count). The van der Waals surface area contributed by atoms with E-state index in [-0.39, 0.29) is 10.9 Å². The third-order valence-electron chi connectivity index (χ3n) is 3.58. The van der Waals surface area contributed by atoms with Crippen molar-refractivity contribution in [2.24, 2.45) is 0 Å². The summed E-state index contributed by atoms with van der Waals surface area (Å²) in [7, 11) is -3.54. The highest BCUT2D eigenvalue weighted by Gasteiger charge is 2.35. The van der Waals surface area contributed by atoms with E-state index < -0.39 is 10.0 Å². The molecule has 2 aromatic carbocycles. The number of hydrogen-bond acceptors (Lipinski definition) is 3. The Morgan fingerprint density at radius 1 is 1.10 bits per heavy atom. The van der Waals surface area contributed by atoms with Crippen LogP contribution in [0, 0.1) is 0 Å². The number of nitrogens with zero attached hydrogens (tertiary/aromatic N) is 1. The zero-order valence-corrected chi connectivity index (χ0v) is 12.0. The number of anilines is 2. The maximum Gasteiger partial charge on any atom is 0.264 e. The zero-order valence-electron chi connectivity index (χ0n) is 11.2. The summed E-state index contributed by atoms with van der Waals surface area (Å²) in [5, 5.41) is 0. The van der Waals surface area contributed by atoms with E-state index in [2.05, 4.69) is 0 Å². The molecule has 0 unspecified atom stereocenters. The van der Waals surface area contributed by atoms with Crippen molar-refractivity contribution in [2.75, 3.05) is 10.0 Å². The molecule has 0 spiro atoms. The second kappa shape index (κ2) is 4.52. The average molecular weight is 288 g/mol. The van der Waals surface area contributed by atoms with Crippen LogP contribution in [0.3, 0.4) is 0 Å². The van der Waals surface area contributed by atoms with Crippen LogP contribution in [0.15, 0.2) is 53.4 Å². The van der Waals surface area contributed by atoms with Crippen molar-refractivity contribution in [2.45, 2.75) is 24.3 Å². The minimum Gasteiger partial charge on any atom is -0.399 e. The molecule has 0 radical (unpaired) electrons. The minimum absolute atomic E-state index is 0.0741. The van der Waals surface area contributed by atoms with Gasteiger partial charge in [-0.05, 0) is 49.2 Å². The van der Waals surface area contributed by atoms with Gasteiger partial charge in [0.1, 0.15) is 0 Å². The second-order valence-electron chi connectivity index (χ2n) is 5.05. The summed E-state index contributed by atoms with van der Waals surface area (Å²) in [5.41, 5.74) is 8.02. The summed E-state index contributed by atoms with van der Waals surface area (Å²) < 4.78 is 27.1. The molecule has 1 aliphatic rings. The summed E-state index contributed by atoms with van der Waals surface area (Å²) in [6.45, 7) is 1.93. The van der Waals surface area contributed by atoms with Crippen LogP contribution >= 0.6 is 0 Å². The van der Waals surface area contributed by atoms with Gasteiger partial charge in [0, 0.05) is 11.7 Å². The molecule has 0 bridgehead atoms. The van der Waals surface area contributed by atoms with Crippen LogP contribution < -0.4 is 10.0 Å². The van der Waals surface area contributed by atoms with Crippen molar-refractivity contribution >= 4 is 21.4 Å². The molecule has 0 saturated heterocycles. The molecule has 5 heteroatoms. The van der Waals surface area contributed by atoms with E-state index in [0.717, 1.165) is 17.7 Å². The van der Waals surface area contributed by atoms with Crippen LogP contribution in [0.1, 0.15) is 12.5 Å². The van der Waals surface area contributed by atoms with Gasteiger partial charge in [-0.3, -0.25) is 4.31 Å². The Kier molecular flexibility index (Phi) is 2.94. The van der Waals surface area contributed by atoms with Crippen molar-refractivity contribution in [3.05, 3.63) is 54.1 Å². The fourth-order valence-corrected chi connectivity index (χ4v) is 4.35. The monoisotopic (exact) mass is 288 g/mol. The molecule has 104 valence electrons. The molecular weight excluding hydrogens is 272 g/mol. The number of nitrogens with two attached hydrogens (primary N) is 1. The number of fused-ring (bicyclic) bond motifs is 1. The summed E-state index contributed by atoms with van der Waals surface area (Å²) in [6.07, 6.45) is 0.740. The molecule has 4 nitrogen and oxygen atoms in total. The molecule has 1 atom stereocenters. The normalized spacial score (nSPS) is 18.1. The van der Waals surface area contributed by atoms with Crippen molar-refractivity contribution in [1.82, 2.24) is 0 Å². The van der Waals surface area contributed by atoms with Gasteiger partial charge in [0.25, 0.3) is 10.0 Å². The first-order valence-corrected chi connectivity index (χ1v) is 7.92. The van der Waals surface area contributed by atoms with Crippen molar-refractivity contribution in [3.63, 3.8) is 0 Å². The van der Waals surface area contributed by atoms with E-state index in [4.69, 9.17) is 5.73 Å². The first-order chi connectivity index (χ1) is 9.50. The molecule has 0 aromatic heterocycles. The number of hydrogen-bond donors (Lipinski definition) is 1. The van der Waals surface area contributed by atoms with E-state index in [1.165, 1.54) is 4.31 Å². The molecule has 20 heavy (non-hydrogen) atoms. The lowest BCUT2D eigenvalue weighted by molar-refractivity contribution is 0.584. The van der Waals surface area contributed by atoms with Crippen molar-refractivity contribution in [3.8, 4) is 0 Å². The highest BCUT2D eigenvalue weighted by Crippen LogP contribution is 2.36. The molecule has 2 aromatic rings. The molecule has 2 N–H and O–H groups in total. The van der Waals surface area contributed by atoms with Crippen LogP contribution in [-0.2, 0) is 16.4 Å². The summed E-state index contributed by atoms with van der Waals surface area (Å²) in [4.78, 5) is 0.273. The lowest BCUT2D eigenvalue weighted by atomic mass is 10.1. The number of rotatable bonds is 2. The van der Waals surface area contributed by atoms with Gasteiger partial charge in [0.05, 0.1) is 10.6 Å². The third kappa shape index (κ3) is 1.94. The molecule has 0 saturated carbocycles. The molecule has 0 fully saturated rings. The number of para-hydroxylation sites is 1. The number of nitrogen functional groups attached to an aromatic ring is 1. The van der Waals surface area contributed by atoms with Crippen LogP contribution in [0.25, 0.3) is 0 Å². The lowest BCUT2D eigenvalue weighted by Gasteiger charge is -2.24. The highest BCUT2D eigenvalue weighted by atomic mass is 32.2. The first-order valence-electron chi connectivity index (χ1n) is 6.48. The molecule has 0 aliphatic carbocycles. The summed E-state index contributed by atoms with van der Waals surface area (Å²) in [6, 6.07) is 13.9. The first kappa shape index (κ1) is 13.0. The quantitative estimate of drug-likeness (QED) is 0.863. The van der Waals surface area contributed by atoms with Crippen molar-refractivity contribution in [1.29, 1.82) is 0 Å². The predicted molar refractivity (Wildman–Crippen MR) is 80.1 cm³/mol. The second-order valence-corrected chi connectivity index (χ2v) is 6.87. The van der Waals surface area contributed by atoms with E-state index >= 15 is 0 Å². The maximum absolute atomic E-state index is 12.8. The Bertz CT molecular complexity index is 739. The molecular formula is C15H16N2O2S. The van der Waals surface area contributed by atoms with Crippen LogP contribution in [-0.4, -0.2) is 14.5 Å². The molecule has 1 heterocycles. The van der Waals surface area contributed by atoms with Gasteiger partial charge < -0.3 is 5.73 Å². The van der Waals surface area contributed by atoms with E-state index in [0.29, 0.717) is 5.69 Å². The van der Waals surface area contributed by atoms with Gasteiger partial charge in [-0.1, -0.05) is 18.2 Å². The predicted octanol–water partition coefficient (Wildman–Crippen LogP) is 2.41. The van der Waals surface area contributed by atoms with E-state index in [9.17, 15) is 8.42 Å². The molecule has 1 aliphatic heterocycles. The minimum atomic E-state index is -3.54. The van der Waals surface area contributed by atoms with Crippen LogP contribution in [0.4, 0.5) is 11.4 Å². The SMILES string of the molecule is C[C@@H]1Cc2ccccc2N1S(=O)(=O)c1ccc(N)cc1. The number of benzene rings is 2. The van der Waals surface area contributed by atoms with Crippen LogP contribution in [0.5, 0.6) is 0 Å². The summed E-state index contributed by atoms with van der Waals surface area (Å²) in [5.74, 6) is 0. The standard InChI is InChI=1S/C15H16N2O2S/c1-11-10-12-4-2-3-5-15(12)17(11)20(18,19)14-8-6-13(16)7-9-14/h2-9,11H,10,16H2,1H3/t11-/m1/s1. The van der Waals surface area contributed by atoms with Crippen molar-refractivity contribution < 1.29 is 8.42 Å². The fourth-order valence-electron chi connectivity index (χ4n) is 2.66. The van der Waals surface area contributed by atoms with Crippen LogP contribution in [0.2, 0.25) is 0 Å². The Morgan fingerprint density at radius 2 is 1.75 bits per heavy atom. The van der Waals surface area contributed by atoms with Gasteiger partial charge >= 0.3 is 0 Å². The Hall–Kier alpha value is -2.01. The maximum atomic E-state index is 12.8. The zero-order chi connectivity index (χ0) is 14.3.